The van der Waals surface area contributed by atoms with Crippen LogP contribution in [0.2, 0.25) is 0 Å². The van der Waals surface area contributed by atoms with Crippen molar-refractivity contribution in [2.75, 3.05) is 39.5 Å². The van der Waals surface area contributed by atoms with E-state index in [0.29, 0.717) is 97.6 Å². The van der Waals surface area contributed by atoms with Crippen molar-refractivity contribution in [1.82, 2.24) is 0 Å². The van der Waals surface area contributed by atoms with Crippen molar-refractivity contribution in [2.45, 2.75) is 45.7 Å². The first-order chi connectivity index (χ1) is 19.3. The first-order valence-corrected chi connectivity index (χ1v) is 13.7. The van der Waals surface area contributed by atoms with E-state index in [-0.39, 0.29) is 0 Å². The third-order valence-electron chi connectivity index (χ3n) is 5.87. The van der Waals surface area contributed by atoms with Crippen LogP contribution in [0.15, 0.2) is 54.6 Å². The molecule has 3 rings (SSSR count). The largest absolute Gasteiger partial charge is 0.493 e. The van der Waals surface area contributed by atoms with Crippen LogP contribution in [0.4, 0.5) is 13.2 Å². The van der Waals surface area contributed by atoms with Crippen molar-refractivity contribution in [1.29, 1.82) is 0 Å². The Bertz CT molecular complexity index is 1130. The van der Waals surface area contributed by atoms with Gasteiger partial charge >= 0.3 is 6.18 Å². The Kier molecular flexibility index (Phi) is 12.0. The molecule has 6 nitrogen and oxygen atoms in total. The van der Waals surface area contributed by atoms with Gasteiger partial charge in [-0.25, -0.2) is 0 Å². The van der Waals surface area contributed by atoms with Gasteiger partial charge in [-0.05, 0) is 103 Å². The van der Waals surface area contributed by atoms with Gasteiger partial charge in [0.15, 0.2) is 0 Å². The molecule has 0 heterocycles. The van der Waals surface area contributed by atoms with E-state index < -0.39 is 11.7 Å². The zero-order valence-corrected chi connectivity index (χ0v) is 23.2. The molecule has 0 aliphatic heterocycles. The molecule has 3 aromatic carbocycles. The second kappa shape index (κ2) is 15.4. The first-order valence-electron chi connectivity index (χ1n) is 13.7. The van der Waals surface area contributed by atoms with Crippen LogP contribution in [0, 0.1) is 0 Å². The Hall–Kier alpha value is -3.43. The minimum absolute atomic E-state index is 0.376. The normalized spacial score (nSPS) is 11.4. The third-order valence-corrected chi connectivity index (χ3v) is 5.87. The number of hydrogen-bond acceptors (Lipinski definition) is 6. The summed E-state index contributed by atoms with van der Waals surface area (Å²) >= 11 is 0. The molecule has 0 atom stereocenters. The van der Waals surface area contributed by atoms with Crippen LogP contribution < -0.4 is 30.4 Å². The third kappa shape index (κ3) is 9.34. The van der Waals surface area contributed by atoms with E-state index in [1.807, 2.05) is 13.8 Å². The van der Waals surface area contributed by atoms with Gasteiger partial charge in [0, 0.05) is 12.1 Å². The number of ether oxygens (including phenoxy) is 4. The van der Waals surface area contributed by atoms with E-state index in [2.05, 4.69) is 0 Å². The highest BCUT2D eigenvalue weighted by atomic mass is 19.4. The highest BCUT2D eigenvalue weighted by molar-refractivity contribution is 5.77. The summed E-state index contributed by atoms with van der Waals surface area (Å²) in [5, 5.41) is 0. The smallest absolute Gasteiger partial charge is 0.416 e. The quantitative estimate of drug-likeness (QED) is 0.182. The maximum Gasteiger partial charge on any atom is 0.416 e. The van der Waals surface area contributed by atoms with E-state index in [0.717, 1.165) is 25.0 Å². The number of halogens is 3. The monoisotopic (exact) mass is 560 g/mol. The number of benzene rings is 3. The van der Waals surface area contributed by atoms with Gasteiger partial charge in [-0.2, -0.15) is 13.2 Å². The average molecular weight is 561 g/mol. The summed E-state index contributed by atoms with van der Waals surface area (Å²) in [4.78, 5) is 0. The number of nitrogens with two attached hydrogens (primary N) is 2. The van der Waals surface area contributed by atoms with Gasteiger partial charge in [-0.1, -0.05) is 13.8 Å². The topological polar surface area (TPSA) is 89.0 Å². The average Bonchev–Trinajstić information content (AvgIpc) is 2.94. The molecule has 0 fully saturated rings. The van der Waals surface area contributed by atoms with Crippen molar-refractivity contribution in [2.24, 2.45) is 11.5 Å². The molecule has 0 aliphatic rings. The van der Waals surface area contributed by atoms with Crippen LogP contribution in [0.5, 0.6) is 23.0 Å². The van der Waals surface area contributed by atoms with E-state index in [1.54, 1.807) is 42.5 Å². The molecule has 0 spiro atoms. The summed E-state index contributed by atoms with van der Waals surface area (Å²) in [5.74, 6) is 2.04. The summed E-state index contributed by atoms with van der Waals surface area (Å²) in [6, 6.07) is 14.4. The fourth-order valence-electron chi connectivity index (χ4n) is 3.92. The molecule has 0 saturated carbocycles. The summed E-state index contributed by atoms with van der Waals surface area (Å²) in [7, 11) is 0. The van der Waals surface area contributed by atoms with Crippen molar-refractivity contribution < 1.29 is 32.1 Å². The van der Waals surface area contributed by atoms with Crippen LogP contribution in [-0.4, -0.2) is 39.5 Å². The summed E-state index contributed by atoms with van der Waals surface area (Å²) < 4.78 is 65.7. The Morgan fingerprint density at radius 3 is 1.20 bits per heavy atom. The molecule has 0 aliphatic carbocycles. The second-order valence-corrected chi connectivity index (χ2v) is 9.36. The summed E-state index contributed by atoms with van der Waals surface area (Å²) in [6.07, 6.45) is -1.69. The Morgan fingerprint density at radius 1 is 0.525 bits per heavy atom. The zero-order valence-electron chi connectivity index (χ0n) is 23.2. The van der Waals surface area contributed by atoms with E-state index in [1.165, 1.54) is 0 Å². The van der Waals surface area contributed by atoms with Crippen molar-refractivity contribution in [3.63, 3.8) is 0 Å². The first kappa shape index (κ1) is 31.1. The van der Waals surface area contributed by atoms with E-state index >= 15 is 0 Å². The van der Waals surface area contributed by atoms with E-state index in [4.69, 9.17) is 30.4 Å². The van der Waals surface area contributed by atoms with Crippen molar-refractivity contribution in [3.05, 3.63) is 60.2 Å². The van der Waals surface area contributed by atoms with Crippen LogP contribution in [0.1, 0.15) is 45.1 Å². The maximum atomic E-state index is 14.1. The molecule has 0 aromatic heterocycles. The minimum Gasteiger partial charge on any atom is -0.493 e. The predicted molar refractivity (Wildman–Crippen MR) is 152 cm³/mol. The molecule has 218 valence electrons. The van der Waals surface area contributed by atoms with E-state index in [9.17, 15) is 13.2 Å². The molecule has 4 N–H and O–H groups in total. The maximum absolute atomic E-state index is 14.1. The van der Waals surface area contributed by atoms with Crippen molar-refractivity contribution >= 4 is 0 Å². The lowest BCUT2D eigenvalue weighted by Gasteiger charge is -2.17. The minimum atomic E-state index is -4.56. The molecule has 40 heavy (non-hydrogen) atoms. The van der Waals surface area contributed by atoms with Gasteiger partial charge < -0.3 is 30.4 Å². The van der Waals surface area contributed by atoms with Crippen LogP contribution in [0.3, 0.4) is 0 Å². The lowest BCUT2D eigenvalue weighted by molar-refractivity contribution is -0.137. The van der Waals surface area contributed by atoms with Gasteiger partial charge in [0.05, 0.1) is 32.0 Å². The van der Waals surface area contributed by atoms with Gasteiger partial charge in [0.25, 0.3) is 0 Å². The van der Waals surface area contributed by atoms with Gasteiger partial charge in [-0.15, -0.1) is 0 Å². The number of alkyl halides is 3. The molecule has 0 radical (unpaired) electrons. The van der Waals surface area contributed by atoms with Crippen LogP contribution in [-0.2, 0) is 6.18 Å². The Labute approximate surface area is 234 Å². The fraction of sp³-hybridized carbons (Fsp3) is 0.419. The summed E-state index contributed by atoms with van der Waals surface area (Å²) in [6.45, 7) is 6.61. The molecular formula is C31H39F3N2O4. The number of rotatable bonds is 16. The summed E-state index contributed by atoms with van der Waals surface area (Å²) in [5.41, 5.74) is 12.2. The Balaban J connectivity index is 2.13. The van der Waals surface area contributed by atoms with Crippen LogP contribution in [0.25, 0.3) is 22.3 Å². The lowest BCUT2D eigenvalue weighted by atomic mass is 9.95. The molecular weight excluding hydrogens is 521 g/mol. The van der Waals surface area contributed by atoms with Crippen molar-refractivity contribution in [3.8, 4) is 45.3 Å². The molecule has 3 aromatic rings. The zero-order chi connectivity index (χ0) is 29.0. The van der Waals surface area contributed by atoms with Gasteiger partial charge in [0.1, 0.15) is 23.0 Å². The fourth-order valence-corrected chi connectivity index (χ4v) is 3.92. The predicted octanol–water partition coefficient (Wildman–Crippen LogP) is 7.07. The molecule has 9 heteroatoms. The van der Waals surface area contributed by atoms with Gasteiger partial charge in [0.2, 0.25) is 0 Å². The standard InChI is InChI=1S/C31H39F3N2O4/c1-3-9-37-27-16-24(18-29(20-27)39-11-5-7-35)22-13-23(15-26(14-22)31(32,33)34)25-17-28(38-10-4-2)21-30(19-25)40-12-6-8-36/h13-21H,3-12,35-36H2,1-2H3. The lowest BCUT2D eigenvalue weighted by Crippen LogP contribution is -2.07. The highest BCUT2D eigenvalue weighted by Gasteiger charge is 2.31. The SMILES string of the molecule is CCCOc1cc(OCCCN)cc(-c2cc(-c3cc(OCCC)cc(OCCCN)c3)cc(C(F)(F)F)c2)c1. The molecule has 0 bridgehead atoms. The second-order valence-electron chi connectivity index (χ2n) is 9.36. The highest BCUT2D eigenvalue weighted by Crippen LogP contribution is 2.40. The molecule has 0 saturated heterocycles. The molecule has 0 amide bonds. The number of hydrogen-bond donors (Lipinski definition) is 2. The van der Waals surface area contributed by atoms with Crippen LogP contribution >= 0.6 is 0 Å². The molecule has 0 unspecified atom stereocenters. The van der Waals surface area contributed by atoms with Gasteiger partial charge in [-0.3, -0.25) is 0 Å². The Morgan fingerprint density at radius 2 is 0.875 bits per heavy atom.